The van der Waals surface area contributed by atoms with E-state index >= 15 is 4.39 Å². The zero-order valence-electron chi connectivity index (χ0n) is 19.8. The molecule has 5 heterocycles. The van der Waals surface area contributed by atoms with E-state index in [9.17, 15) is 18.4 Å². The van der Waals surface area contributed by atoms with Crippen molar-refractivity contribution in [3.63, 3.8) is 0 Å². The van der Waals surface area contributed by atoms with Gasteiger partial charge in [-0.05, 0) is 24.6 Å². The predicted octanol–water partition coefficient (Wildman–Crippen LogP) is 4.90. The van der Waals surface area contributed by atoms with Crippen LogP contribution in [0.4, 0.5) is 22.6 Å². The van der Waals surface area contributed by atoms with E-state index in [-0.39, 0.29) is 87.8 Å². The number of thiophene rings is 1. The number of anilines is 1. The van der Waals surface area contributed by atoms with Gasteiger partial charge in [-0.1, -0.05) is 0 Å². The van der Waals surface area contributed by atoms with Crippen molar-refractivity contribution in [1.82, 2.24) is 19.9 Å². The van der Waals surface area contributed by atoms with Gasteiger partial charge in [-0.3, -0.25) is 9.88 Å². The molecule has 3 aromatic heterocycles. The number of ether oxygens (including phenoxy) is 2. The molecule has 1 aromatic carbocycles. The molecule has 0 bridgehead atoms. The summed E-state index contributed by atoms with van der Waals surface area (Å²) >= 11 is 0.891. The van der Waals surface area contributed by atoms with Crippen LogP contribution in [0.1, 0.15) is 23.1 Å². The van der Waals surface area contributed by atoms with E-state index in [1.54, 1.807) is 11.9 Å². The van der Waals surface area contributed by atoms with Gasteiger partial charge in [-0.15, -0.1) is 11.3 Å². The average Bonchev–Trinajstić information content (AvgIpc) is 3.61. The third kappa shape index (κ3) is 3.75. The molecule has 194 valence electrons. The summed E-state index contributed by atoms with van der Waals surface area (Å²) in [5.74, 6) is -1.43. The largest absolute Gasteiger partial charge is 0.462 e. The van der Waals surface area contributed by atoms with Crippen LogP contribution in [0.5, 0.6) is 6.01 Å². The first-order valence-electron chi connectivity index (χ1n) is 11.5. The molecule has 38 heavy (non-hydrogen) atoms. The number of fused-ring (bicyclic) bond motifs is 4. The smallest absolute Gasteiger partial charge is 0.317 e. The van der Waals surface area contributed by atoms with E-state index in [1.807, 2.05) is 6.07 Å². The third-order valence-electron chi connectivity index (χ3n) is 6.94. The van der Waals surface area contributed by atoms with Crippen LogP contribution in [-0.2, 0) is 18.0 Å². The second-order valence-corrected chi connectivity index (χ2v) is 10.2. The highest BCUT2D eigenvalue weighted by Gasteiger charge is 2.31. The summed E-state index contributed by atoms with van der Waals surface area (Å²) in [6.07, 6.45) is 0.853. The van der Waals surface area contributed by atoms with Crippen LogP contribution in [-0.4, -0.2) is 46.1 Å². The van der Waals surface area contributed by atoms with Gasteiger partial charge in [0, 0.05) is 40.7 Å². The SMILES string of the molecule is CN1CC(=C(F)F)C[C@H]1COc1ncc2c3c(c(-c4ncc(F)c5sc(N)c(C#N)c45)c(F)c2n1)COC3. The molecule has 0 radical (unpaired) electrons. The maximum atomic E-state index is 16.3. The number of likely N-dealkylation sites (tertiary alicyclic amines) is 1. The number of pyridine rings is 1. The van der Waals surface area contributed by atoms with Gasteiger partial charge < -0.3 is 15.2 Å². The number of nitriles is 1. The number of halogens is 4. The Bertz CT molecular complexity index is 1710. The monoisotopic (exact) mass is 542 g/mol. The Labute approximate surface area is 216 Å². The van der Waals surface area contributed by atoms with E-state index in [0.717, 1.165) is 17.5 Å². The van der Waals surface area contributed by atoms with Gasteiger partial charge in [0.2, 0.25) is 0 Å². The summed E-state index contributed by atoms with van der Waals surface area (Å²) < 4.78 is 68.3. The highest BCUT2D eigenvalue weighted by atomic mass is 32.1. The summed E-state index contributed by atoms with van der Waals surface area (Å²) in [5, 5.41) is 10.3. The summed E-state index contributed by atoms with van der Waals surface area (Å²) in [4.78, 5) is 14.4. The van der Waals surface area contributed by atoms with E-state index < -0.39 is 17.7 Å². The van der Waals surface area contributed by atoms with Crippen LogP contribution in [0.3, 0.4) is 0 Å². The number of hydrogen-bond acceptors (Lipinski definition) is 9. The Balaban J connectivity index is 1.47. The van der Waals surface area contributed by atoms with Crippen LogP contribution >= 0.6 is 11.3 Å². The zero-order chi connectivity index (χ0) is 26.7. The molecule has 8 nitrogen and oxygen atoms in total. The molecule has 6 rings (SSSR count). The fourth-order valence-electron chi connectivity index (χ4n) is 5.03. The number of nitrogens with zero attached hydrogens (tertiary/aromatic N) is 5. The number of hydrogen-bond donors (Lipinski definition) is 1. The Morgan fingerprint density at radius 1 is 1.26 bits per heavy atom. The van der Waals surface area contributed by atoms with Crippen LogP contribution in [0, 0.1) is 23.0 Å². The van der Waals surface area contributed by atoms with Gasteiger partial charge in [0.05, 0.1) is 35.4 Å². The predicted molar refractivity (Wildman–Crippen MR) is 131 cm³/mol. The Morgan fingerprint density at radius 2 is 2.05 bits per heavy atom. The zero-order valence-corrected chi connectivity index (χ0v) is 20.6. The molecule has 0 spiro atoms. The molecular formula is C25H18F4N6O2S. The van der Waals surface area contributed by atoms with Crippen molar-refractivity contribution >= 4 is 37.3 Å². The first-order chi connectivity index (χ1) is 18.3. The van der Waals surface area contributed by atoms with Crippen molar-refractivity contribution in [3.8, 4) is 23.3 Å². The van der Waals surface area contributed by atoms with Crippen molar-refractivity contribution < 1.29 is 27.0 Å². The first kappa shape index (κ1) is 24.5. The fraction of sp³-hybridized carbons (Fsp3) is 0.280. The van der Waals surface area contributed by atoms with Gasteiger partial charge in [0.15, 0.2) is 11.6 Å². The van der Waals surface area contributed by atoms with Crippen molar-refractivity contribution in [2.24, 2.45) is 0 Å². The third-order valence-corrected chi connectivity index (χ3v) is 7.97. The molecule has 1 saturated heterocycles. The molecule has 4 aromatic rings. The van der Waals surface area contributed by atoms with Gasteiger partial charge in [0.25, 0.3) is 6.08 Å². The molecule has 1 fully saturated rings. The molecule has 0 aliphatic carbocycles. The average molecular weight is 543 g/mol. The Morgan fingerprint density at radius 3 is 2.79 bits per heavy atom. The van der Waals surface area contributed by atoms with Crippen LogP contribution < -0.4 is 10.5 Å². The van der Waals surface area contributed by atoms with Gasteiger partial charge >= 0.3 is 6.01 Å². The lowest BCUT2D eigenvalue weighted by molar-refractivity contribution is 0.135. The number of nitrogens with two attached hydrogens (primary N) is 1. The molecule has 1 atom stereocenters. The minimum absolute atomic E-state index is 0.0182. The Hall–Kier alpha value is -3.86. The van der Waals surface area contributed by atoms with Crippen molar-refractivity contribution in [2.45, 2.75) is 25.7 Å². The highest BCUT2D eigenvalue weighted by molar-refractivity contribution is 7.23. The lowest BCUT2D eigenvalue weighted by atomic mass is 9.94. The molecule has 0 saturated carbocycles. The van der Waals surface area contributed by atoms with E-state index in [4.69, 9.17) is 15.2 Å². The molecule has 2 N–H and O–H groups in total. The normalized spacial score (nSPS) is 17.4. The summed E-state index contributed by atoms with van der Waals surface area (Å²) in [7, 11) is 1.71. The lowest BCUT2D eigenvalue weighted by Crippen LogP contribution is -2.30. The van der Waals surface area contributed by atoms with Crippen LogP contribution in [0.25, 0.3) is 32.2 Å². The van der Waals surface area contributed by atoms with Gasteiger partial charge in [-0.2, -0.15) is 19.0 Å². The molecular weight excluding hydrogens is 524 g/mol. The maximum absolute atomic E-state index is 16.3. The minimum Gasteiger partial charge on any atom is -0.462 e. The van der Waals surface area contributed by atoms with Gasteiger partial charge in [0.1, 0.15) is 23.2 Å². The fourth-order valence-corrected chi connectivity index (χ4v) is 5.95. The maximum Gasteiger partial charge on any atom is 0.317 e. The number of benzene rings is 1. The quantitative estimate of drug-likeness (QED) is 0.363. The van der Waals surface area contributed by atoms with Crippen LogP contribution in [0.15, 0.2) is 24.0 Å². The topological polar surface area (TPSA) is 110 Å². The van der Waals surface area contributed by atoms with Crippen molar-refractivity contribution in [2.75, 3.05) is 25.9 Å². The first-order valence-corrected chi connectivity index (χ1v) is 12.3. The molecule has 2 aliphatic rings. The molecule has 2 aliphatic heterocycles. The van der Waals surface area contributed by atoms with Crippen molar-refractivity contribution in [1.29, 1.82) is 5.26 Å². The van der Waals surface area contributed by atoms with Crippen molar-refractivity contribution in [3.05, 3.63) is 52.4 Å². The number of aromatic nitrogens is 3. The number of nitrogen functional groups attached to an aromatic ring is 1. The van der Waals surface area contributed by atoms with E-state index in [0.29, 0.717) is 16.5 Å². The van der Waals surface area contributed by atoms with E-state index in [1.165, 1.54) is 6.20 Å². The van der Waals surface area contributed by atoms with Gasteiger partial charge in [-0.25, -0.2) is 13.8 Å². The Kier molecular flexibility index (Phi) is 5.90. The minimum atomic E-state index is -1.69. The molecule has 13 heteroatoms. The molecule has 0 unspecified atom stereocenters. The summed E-state index contributed by atoms with van der Waals surface area (Å²) in [6, 6.07) is 1.53. The number of likely N-dealkylation sites (N-methyl/N-ethyl adjacent to an activating group) is 1. The second-order valence-electron chi connectivity index (χ2n) is 9.11. The highest BCUT2D eigenvalue weighted by Crippen LogP contribution is 2.45. The second kappa shape index (κ2) is 9.16. The molecule has 0 amide bonds. The lowest BCUT2D eigenvalue weighted by Gasteiger charge is -2.18. The number of rotatable bonds is 4. The van der Waals surface area contributed by atoms with E-state index in [2.05, 4.69) is 15.0 Å². The summed E-state index contributed by atoms with van der Waals surface area (Å²) in [5.41, 5.74) is 7.21. The standard InChI is InChI=1S/C25H18F4N6O2S/c1-35-6-10(23(28)29)2-11(35)7-37-25-33-4-13-14-8-36-9-15(14)17(19(27)20(13)34-25)21-18-12(3-30)24(31)38-22(18)16(26)5-32-21/h4-5,11H,2,6-9,31H2,1H3/t11-/m0/s1. The summed E-state index contributed by atoms with van der Waals surface area (Å²) in [6.45, 7) is 0.407. The van der Waals surface area contributed by atoms with Crippen LogP contribution in [0.2, 0.25) is 0 Å².